The van der Waals surface area contributed by atoms with E-state index < -0.39 is 12.5 Å². The smallest absolute Gasteiger partial charge is 0.336 e. The van der Waals surface area contributed by atoms with Crippen molar-refractivity contribution in [1.29, 1.82) is 0 Å². The summed E-state index contributed by atoms with van der Waals surface area (Å²) in [4.78, 5) is 27.2. The summed E-state index contributed by atoms with van der Waals surface area (Å²) in [5, 5.41) is 5.71. The molecule has 0 aliphatic carbocycles. The SMILES string of the molecule is CNC(=O)CC1(OCN(F)c2ccccc2Cl)CCCCN1Oc1ncc2ccccc2n1. The molecule has 1 aliphatic heterocycles. The van der Waals surface area contributed by atoms with Gasteiger partial charge in [0.05, 0.1) is 22.6 Å². The van der Waals surface area contributed by atoms with Gasteiger partial charge in [-0.25, -0.2) is 4.98 Å². The highest BCUT2D eigenvalue weighted by molar-refractivity contribution is 6.33. The van der Waals surface area contributed by atoms with Crippen molar-refractivity contribution in [1.82, 2.24) is 20.3 Å². The van der Waals surface area contributed by atoms with Crippen LogP contribution in [-0.2, 0) is 9.53 Å². The molecule has 1 unspecified atom stereocenters. The average molecular weight is 474 g/mol. The van der Waals surface area contributed by atoms with Crippen molar-refractivity contribution < 1.29 is 18.9 Å². The van der Waals surface area contributed by atoms with E-state index >= 15 is 0 Å². The molecule has 1 amide bonds. The first kappa shape index (κ1) is 23.2. The summed E-state index contributed by atoms with van der Waals surface area (Å²) in [6.07, 6.45) is 3.69. The summed E-state index contributed by atoms with van der Waals surface area (Å²) in [6, 6.07) is 14.2. The topological polar surface area (TPSA) is 79.8 Å². The number of halogens is 2. The molecule has 1 N–H and O–H groups in total. The van der Waals surface area contributed by atoms with Crippen molar-refractivity contribution >= 4 is 34.1 Å². The number of carbonyl (C=O) groups is 1. The van der Waals surface area contributed by atoms with Gasteiger partial charge in [0.15, 0.2) is 12.5 Å². The van der Waals surface area contributed by atoms with E-state index in [2.05, 4.69) is 15.3 Å². The molecule has 2 heterocycles. The van der Waals surface area contributed by atoms with Crippen molar-refractivity contribution in [2.75, 3.05) is 25.4 Å². The number of benzene rings is 2. The van der Waals surface area contributed by atoms with Crippen LogP contribution in [0.25, 0.3) is 10.9 Å². The monoisotopic (exact) mass is 473 g/mol. The fraction of sp³-hybridized carbons (Fsp3) is 0.348. The van der Waals surface area contributed by atoms with Gasteiger partial charge in [-0.05, 0) is 37.5 Å². The molecule has 8 nitrogen and oxygen atoms in total. The normalized spacial score (nSPS) is 18.8. The Labute approximate surface area is 196 Å². The summed E-state index contributed by atoms with van der Waals surface area (Å²) in [7, 11) is 1.54. The lowest BCUT2D eigenvalue weighted by Crippen LogP contribution is -2.58. The zero-order valence-electron chi connectivity index (χ0n) is 18.2. The Kier molecular flexibility index (Phi) is 7.22. The Hall–Kier alpha value is -3.01. The van der Waals surface area contributed by atoms with Gasteiger partial charge in [-0.2, -0.15) is 10.1 Å². The number of aromatic nitrogens is 2. The van der Waals surface area contributed by atoms with Gasteiger partial charge in [0, 0.05) is 25.2 Å². The Morgan fingerprint density at radius 2 is 2.03 bits per heavy atom. The van der Waals surface area contributed by atoms with E-state index in [1.165, 1.54) is 0 Å². The van der Waals surface area contributed by atoms with Crippen LogP contribution in [-0.4, -0.2) is 47.0 Å². The van der Waals surface area contributed by atoms with E-state index in [0.717, 1.165) is 23.7 Å². The number of nitrogens with one attached hydrogen (secondary N) is 1. The zero-order chi connectivity index (χ0) is 23.3. The highest BCUT2D eigenvalue weighted by Crippen LogP contribution is 2.35. The summed E-state index contributed by atoms with van der Waals surface area (Å²) < 4.78 is 21.0. The van der Waals surface area contributed by atoms with Crippen LogP contribution in [0, 0.1) is 0 Å². The van der Waals surface area contributed by atoms with Gasteiger partial charge in [-0.1, -0.05) is 46.4 Å². The molecule has 1 aliphatic rings. The second-order valence-corrected chi connectivity index (χ2v) is 8.15. The minimum Gasteiger partial charge on any atom is -0.362 e. The molecule has 4 rings (SSSR count). The van der Waals surface area contributed by atoms with Crippen LogP contribution in [0.15, 0.2) is 54.7 Å². The Morgan fingerprint density at radius 1 is 1.24 bits per heavy atom. The number of hydrogen-bond acceptors (Lipinski definition) is 7. The Morgan fingerprint density at radius 3 is 2.85 bits per heavy atom. The van der Waals surface area contributed by atoms with E-state index in [4.69, 9.17) is 21.2 Å². The first-order valence-electron chi connectivity index (χ1n) is 10.7. The van der Waals surface area contributed by atoms with E-state index in [1.807, 2.05) is 24.3 Å². The van der Waals surface area contributed by atoms with E-state index in [0.29, 0.717) is 18.1 Å². The van der Waals surface area contributed by atoms with Gasteiger partial charge in [-0.15, -0.1) is 5.06 Å². The van der Waals surface area contributed by atoms with Crippen LogP contribution in [0.5, 0.6) is 6.01 Å². The Balaban J connectivity index is 1.58. The molecule has 2 aromatic carbocycles. The summed E-state index contributed by atoms with van der Waals surface area (Å²) >= 11 is 6.11. The van der Waals surface area contributed by atoms with Gasteiger partial charge in [-0.3, -0.25) is 4.79 Å². The molecule has 33 heavy (non-hydrogen) atoms. The predicted octanol–water partition coefficient (Wildman–Crippen LogP) is 4.26. The van der Waals surface area contributed by atoms with Gasteiger partial charge in [0.1, 0.15) is 0 Å². The van der Waals surface area contributed by atoms with Crippen LogP contribution in [0.4, 0.5) is 10.2 Å². The third-order valence-corrected chi connectivity index (χ3v) is 5.89. The lowest BCUT2D eigenvalue weighted by atomic mass is 9.96. The minimum atomic E-state index is -1.21. The van der Waals surface area contributed by atoms with Gasteiger partial charge in [0.25, 0.3) is 0 Å². The third kappa shape index (κ3) is 5.32. The number of rotatable bonds is 8. The summed E-state index contributed by atoms with van der Waals surface area (Å²) in [6.45, 7) is 0.0186. The maximum atomic E-state index is 14.9. The third-order valence-electron chi connectivity index (χ3n) is 5.57. The maximum Gasteiger partial charge on any atom is 0.336 e. The zero-order valence-corrected chi connectivity index (χ0v) is 19.0. The first-order chi connectivity index (χ1) is 16.0. The van der Waals surface area contributed by atoms with Crippen LogP contribution in [0.3, 0.4) is 0 Å². The van der Waals surface area contributed by atoms with Crippen molar-refractivity contribution in [3.8, 4) is 6.01 Å². The van der Waals surface area contributed by atoms with E-state index in [-0.39, 0.29) is 29.0 Å². The number of hydroxylamine groups is 2. The van der Waals surface area contributed by atoms with Crippen LogP contribution < -0.4 is 15.3 Å². The number of hydrogen-bond donors (Lipinski definition) is 1. The lowest BCUT2D eigenvalue weighted by Gasteiger charge is -2.44. The molecule has 1 fully saturated rings. The molecule has 1 saturated heterocycles. The molecule has 0 saturated carbocycles. The standard InChI is InChI=1S/C23H25ClFN5O3/c1-26-21(31)14-23(32-16-29(25)20-11-5-3-9-18(20)24)12-6-7-13-30(23)33-22-27-15-17-8-2-4-10-19(17)28-22/h2-5,8-11,15H,6-7,12-14,16H2,1H3,(H,26,31). The second-order valence-electron chi connectivity index (χ2n) is 7.75. The number of piperidine rings is 1. The first-order valence-corrected chi connectivity index (χ1v) is 11.1. The quantitative estimate of drug-likeness (QED) is 0.386. The van der Waals surface area contributed by atoms with Crippen molar-refractivity contribution in [3.63, 3.8) is 0 Å². The number of ether oxygens (including phenoxy) is 1. The van der Waals surface area contributed by atoms with Crippen molar-refractivity contribution in [3.05, 3.63) is 59.8 Å². The van der Waals surface area contributed by atoms with Crippen LogP contribution in [0.1, 0.15) is 25.7 Å². The molecule has 10 heteroatoms. The fourth-order valence-electron chi connectivity index (χ4n) is 3.82. The molecule has 1 atom stereocenters. The van der Waals surface area contributed by atoms with Gasteiger partial charge >= 0.3 is 6.01 Å². The molecule has 0 bridgehead atoms. The largest absolute Gasteiger partial charge is 0.362 e. The highest BCUT2D eigenvalue weighted by atomic mass is 35.5. The average Bonchev–Trinajstić information content (AvgIpc) is 2.84. The van der Waals surface area contributed by atoms with Crippen LogP contribution in [0.2, 0.25) is 5.02 Å². The predicted molar refractivity (Wildman–Crippen MR) is 123 cm³/mol. The number of para-hydroxylation sites is 2. The van der Waals surface area contributed by atoms with Gasteiger partial charge < -0.3 is 14.9 Å². The highest BCUT2D eigenvalue weighted by Gasteiger charge is 2.45. The van der Waals surface area contributed by atoms with E-state index in [9.17, 15) is 9.28 Å². The van der Waals surface area contributed by atoms with Crippen molar-refractivity contribution in [2.45, 2.75) is 31.4 Å². The summed E-state index contributed by atoms with van der Waals surface area (Å²) in [5.41, 5.74) is -0.305. The number of amides is 1. The fourth-order valence-corrected chi connectivity index (χ4v) is 4.04. The number of carbonyl (C=O) groups excluding carboxylic acids is 1. The number of nitrogens with zero attached hydrogens (tertiary/aromatic N) is 4. The molecular weight excluding hydrogens is 449 g/mol. The second kappa shape index (κ2) is 10.3. The van der Waals surface area contributed by atoms with E-state index in [1.54, 1.807) is 42.6 Å². The molecule has 174 valence electrons. The molecular formula is C23H25ClFN5O3. The van der Waals surface area contributed by atoms with Crippen molar-refractivity contribution in [2.24, 2.45) is 0 Å². The lowest BCUT2D eigenvalue weighted by molar-refractivity contribution is -0.283. The Bertz CT molecular complexity index is 1120. The number of fused-ring (bicyclic) bond motifs is 1. The maximum absolute atomic E-state index is 14.9. The molecule has 0 radical (unpaired) electrons. The molecule has 3 aromatic rings. The molecule has 1 aromatic heterocycles. The van der Waals surface area contributed by atoms with Crippen LogP contribution >= 0.6 is 11.6 Å². The summed E-state index contributed by atoms with van der Waals surface area (Å²) in [5.74, 6) is -0.256. The number of anilines is 1. The molecule has 0 spiro atoms. The minimum absolute atomic E-state index is 0.0482. The van der Waals surface area contributed by atoms with Gasteiger partial charge in [0.2, 0.25) is 5.91 Å².